The van der Waals surface area contributed by atoms with Crippen molar-refractivity contribution in [1.82, 2.24) is 10.3 Å². The Labute approximate surface area is 143 Å². The number of halogens is 3. The molecule has 1 aromatic heterocycles. The van der Waals surface area contributed by atoms with Crippen LogP contribution < -0.4 is 5.32 Å². The van der Waals surface area contributed by atoms with Crippen LogP contribution in [0.25, 0.3) is 0 Å². The highest BCUT2D eigenvalue weighted by Crippen LogP contribution is 2.43. The largest absolute Gasteiger partial charge is 0.424 e. The van der Waals surface area contributed by atoms with Gasteiger partial charge in [0.2, 0.25) is 11.5 Å². The number of aliphatic hydroxyl groups is 1. The van der Waals surface area contributed by atoms with Crippen LogP contribution in [0.3, 0.4) is 0 Å². The summed E-state index contributed by atoms with van der Waals surface area (Å²) in [5.41, 5.74) is -2.87. The third-order valence-electron chi connectivity index (χ3n) is 4.91. The number of alkyl halides is 3. The lowest BCUT2D eigenvalue weighted by Gasteiger charge is -2.35. The summed E-state index contributed by atoms with van der Waals surface area (Å²) in [6.45, 7) is 5.62. The molecule has 2 rings (SSSR count). The second-order valence-corrected chi connectivity index (χ2v) is 7.63. The van der Waals surface area contributed by atoms with Gasteiger partial charge in [0, 0.05) is 17.1 Å². The van der Waals surface area contributed by atoms with Crippen LogP contribution in [0.2, 0.25) is 0 Å². The molecule has 1 saturated carbocycles. The minimum atomic E-state index is -4.97. The Kier molecular flexibility index (Phi) is 5.59. The van der Waals surface area contributed by atoms with Gasteiger partial charge >= 0.3 is 6.18 Å². The van der Waals surface area contributed by atoms with Crippen LogP contribution in [-0.2, 0) is 10.4 Å². The van der Waals surface area contributed by atoms with Gasteiger partial charge in [-0.15, -0.1) is 11.3 Å². The maximum absolute atomic E-state index is 13.4. The molecule has 24 heavy (non-hydrogen) atoms. The van der Waals surface area contributed by atoms with Gasteiger partial charge in [-0.05, 0) is 25.2 Å². The Morgan fingerprint density at radius 2 is 2.08 bits per heavy atom. The molecule has 0 radical (unpaired) electrons. The summed E-state index contributed by atoms with van der Waals surface area (Å²) in [6.07, 6.45) is -3.30. The number of aromatic nitrogens is 1. The zero-order valence-corrected chi connectivity index (χ0v) is 14.8. The van der Waals surface area contributed by atoms with Crippen LogP contribution in [0.1, 0.15) is 50.2 Å². The van der Waals surface area contributed by atoms with E-state index >= 15 is 0 Å². The van der Waals surface area contributed by atoms with Crippen molar-refractivity contribution in [3.8, 4) is 0 Å². The molecule has 1 fully saturated rings. The normalized spacial score (nSPS) is 27.5. The third kappa shape index (κ3) is 3.91. The number of aryl methyl sites for hydroxylation is 1. The molecule has 136 valence electrons. The number of hydrogen-bond donors (Lipinski definition) is 2. The highest BCUT2D eigenvalue weighted by Gasteiger charge is 2.58. The first-order chi connectivity index (χ1) is 11.0. The average Bonchev–Trinajstić information content (AvgIpc) is 2.89. The Bertz CT molecular complexity index is 590. The number of carbonyl (C=O) groups is 1. The molecule has 0 unspecified atom stereocenters. The van der Waals surface area contributed by atoms with E-state index in [0.29, 0.717) is 22.9 Å². The molecule has 1 heterocycles. The van der Waals surface area contributed by atoms with Gasteiger partial charge in [-0.2, -0.15) is 13.2 Å². The second kappa shape index (κ2) is 7.00. The zero-order valence-electron chi connectivity index (χ0n) is 14.0. The molecular formula is C16H23F3N2O2S. The first-order valence-corrected chi connectivity index (χ1v) is 8.93. The molecule has 1 aromatic rings. The number of rotatable bonds is 4. The quantitative estimate of drug-likeness (QED) is 0.859. The summed E-state index contributed by atoms with van der Waals surface area (Å²) in [5, 5.41) is 13.8. The van der Waals surface area contributed by atoms with Crippen molar-refractivity contribution >= 4 is 17.2 Å². The van der Waals surface area contributed by atoms with Crippen molar-refractivity contribution in [3.63, 3.8) is 0 Å². The molecule has 8 heteroatoms. The highest BCUT2D eigenvalue weighted by atomic mass is 32.1. The Hall–Kier alpha value is -1.15. The number of amides is 1. The van der Waals surface area contributed by atoms with Crippen LogP contribution in [0, 0.1) is 18.8 Å². The van der Waals surface area contributed by atoms with Gasteiger partial charge < -0.3 is 10.4 Å². The van der Waals surface area contributed by atoms with E-state index in [1.165, 1.54) is 5.38 Å². The van der Waals surface area contributed by atoms with Crippen LogP contribution in [-0.4, -0.2) is 28.2 Å². The van der Waals surface area contributed by atoms with E-state index in [9.17, 15) is 23.1 Å². The van der Waals surface area contributed by atoms with Crippen LogP contribution in [0.4, 0.5) is 13.2 Å². The summed E-state index contributed by atoms with van der Waals surface area (Å²) >= 11 is 0.711. The highest BCUT2D eigenvalue weighted by molar-refractivity contribution is 7.09. The van der Waals surface area contributed by atoms with Gasteiger partial charge in [0.25, 0.3) is 0 Å². The molecule has 0 aromatic carbocycles. The van der Waals surface area contributed by atoms with Crippen molar-refractivity contribution in [2.45, 2.75) is 64.3 Å². The second-order valence-electron chi connectivity index (χ2n) is 6.77. The van der Waals surface area contributed by atoms with Gasteiger partial charge in [0.1, 0.15) is 5.01 Å². The van der Waals surface area contributed by atoms with Crippen LogP contribution >= 0.6 is 11.3 Å². The smallest absolute Gasteiger partial charge is 0.374 e. The number of nitrogens with zero attached hydrogens (tertiary/aromatic N) is 1. The fourth-order valence-electron chi connectivity index (χ4n) is 3.12. The molecule has 0 spiro atoms. The van der Waals surface area contributed by atoms with Crippen molar-refractivity contribution in [3.05, 3.63) is 16.1 Å². The topological polar surface area (TPSA) is 62.2 Å². The Morgan fingerprint density at radius 3 is 2.62 bits per heavy atom. The fraction of sp³-hybridized carbons (Fsp3) is 0.750. The number of hydrogen-bond acceptors (Lipinski definition) is 4. The van der Waals surface area contributed by atoms with Gasteiger partial charge in [-0.3, -0.25) is 4.79 Å². The van der Waals surface area contributed by atoms with Crippen molar-refractivity contribution in [2.24, 2.45) is 11.8 Å². The lowest BCUT2D eigenvalue weighted by Crippen LogP contribution is -2.49. The van der Waals surface area contributed by atoms with E-state index in [1.807, 2.05) is 6.92 Å². The van der Waals surface area contributed by atoms with Gasteiger partial charge in [0.05, 0.1) is 6.42 Å². The summed E-state index contributed by atoms with van der Waals surface area (Å²) in [4.78, 5) is 16.0. The first kappa shape index (κ1) is 19.2. The van der Waals surface area contributed by atoms with E-state index in [2.05, 4.69) is 17.2 Å². The number of carbonyl (C=O) groups excluding carboxylic acids is 1. The van der Waals surface area contributed by atoms with E-state index in [0.717, 1.165) is 19.3 Å². The fourth-order valence-corrected chi connectivity index (χ4v) is 4.03. The SMILES string of the molecule is Cc1csc([C@](O)(CC(=O)N[C@@H]2CCC[C@H](C)[C@H]2C)C(F)(F)F)n1. The summed E-state index contributed by atoms with van der Waals surface area (Å²) in [7, 11) is 0. The third-order valence-corrected chi connectivity index (χ3v) is 6.02. The zero-order chi connectivity index (χ0) is 18.1. The predicted molar refractivity (Wildman–Crippen MR) is 85.5 cm³/mol. The predicted octanol–water partition coefficient (Wildman–Crippen LogP) is 3.53. The van der Waals surface area contributed by atoms with Crippen molar-refractivity contribution < 1.29 is 23.1 Å². The molecule has 1 aliphatic carbocycles. The maximum atomic E-state index is 13.4. The van der Waals surface area contributed by atoms with Crippen molar-refractivity contribution in [2.75, 3.05) is 0 Å². The standard InChI is InChI=1S/C16H23F3N2O2S/c1-9-5-4-6-12(11(9)3)21-13(22)7-15(23,16(17,18)19)14-20-10(2)8-24-14/h8-9,11-12,23H,4-7H2,1-3H3,(H,21,22)/t9-,11+,12+,15+/m0/s1. The van der Waals surface area contributed by atoms with Crippen LogP contribution in [0.15, 0.2) is 5.38 Å². The van der Waals surface area contributed by atoms with E-state index in [1.54, 1.807) is 6.92 Å². The average molecular weight is 364 g/mol. The van der Waals surface area contributed by atoms with E-state index in [4.69, 9.17) is 0 Å². The molecule has 1 amide bonds. The maximum Gasteiger partial charge on any atom is 0.424 e. The molecule has 0 bridgehead atoms. The summed E-state index contributed by atoms with van der Waals surface area (Å²) in [5.74, 6) is -0.190. The molecule has 0 aliphatic heterocycles. The first-order valence-electron chi connectivity index (χ1n) is 8.05. The van der Waals surface area contributed by atoms with Crippen molar-refractivity contribution in [1.29, 1.82) is 0 Å². The number of thiazole rings is 1. The summed E-state index contributed by atoms with van der Waals surface area (Å²) in [6, 6.07) is -0.156. The van der Waals surface area contributed by atoms with E-state index in [-0.39, 0.29) is 12.0 Å². The molecule has 4 nitrogen and oxygen atoms in total. The minimum Gasteiger partial charge on any atom is -0.374 e. The molecule has 2 N–H and O–H groups in total. The lowest BCUT2D eigenvalue weighted by atomic mass is 9.78. The Balaban J connectivity index is 2.14. The Morgan fingerprint density at radius 1 is 1.42 bits per heavy atom. The minimum absolute atomic E-state index is 0.156. The summed E-state index contributed by atoms with van der Waals surface area (Å²) < 4.78 is 40.2. The molecule has 0 saturated heterocycles. The van der Waals surface area contributed by atoms with Crippen LogP contribution in [0.5, 0.6) is 0 Å². The monoisotopic (exact) mass is 364 g/mol. The molecule has 4 atom stereocenters. The van der Waals surface area contributed by atoms with Gasteiger partial charge in [0.15, 0.2) is 0 Å². The van der Waals surface area contributed by atoms with Gasteiger partial charge in [-0.1, -0.05) is 26.7 Å². The van der Waals surface area contributed by atoms with E-state index < -0.39 is 29.1 Å². The molecular weight excluding hydrogens is 341 g/mol. The van der Waals surface area contributed by atoms with Gasteiger partial charge in [-0.25, -0.2) is 4.98 Å². The lowest BCUT2D eigenvalue weighted by molar-refractivity contribution is -0.267. The molecule has 1 aliphatic rings. The number of nitrogens with one attached hydrogen (secondary N) is 1.